The van der Waals surface area contributed by atoms with E-state index >= 15 is 0 Å². The summed E-state index contributed by atoms with van der Waals surface area (Å²) in [6.45, 7) is 0.770. The first-order valence-corrected chi connectivity index (χ1v) is 10.2. The fraction of sp³-hybridized carbons (Fsp3) is 0.348. The van der Waals surface area contributed by atoms with Crippen molar-refractivity contribution in [2.75, 3.05) is 30.9 Å². The lowest BCUT2D eigenvalue weighted by atomic mass is 10.0. The molecular formula is C23H25N3O4. The molecule has 0 saturated carbocycles. The zero-order valence-electron chi connectivity index (χ0n) is 17.2. The molecule has 2 amide bonds. The average molecular weight is 407 g/mol. The van der Waals surface area contributed by atoms with Crippen LogP contribution in [0, 0.1) is 0 Å². The predicted molar refractivity (Wildman–Crippen MR) is 114 cm³/mol. The number of esters is 1. The molecule has 0 aliphatic carbocycles. The van der Waals surface area contributed by atoms with E-state index in [9.17, 15) is 14.4 Å². The number of rotatable bonds is 3. The van der Waals surface area contributed by atoms with Gasteiger partial charge in [0, 0.05) is 24.8 Å². The van der Waals surface area contributed by atoms with Crippen molar-refractivity contribution >= 4 is 29.2 Å². The first-order chi connectivity index (χ1) is 14.5. The number of anilines is 2. The Hall–Kier alpha value is -3.35. The van der Waals surface area contributed by atoms with Crippen LogP contribution in [0.3, 0.4) is 0 Å². The van der Waals surface area contributed by atoms with Crippen LogP contribution in [-0.4, -0.2) is 49.6 Å². The molecule has 0 unspecified atom stereocenters. The molecule has 1 atom stereocenters. The summed E-state index contributed by atoms with van der Waals surface area (Å²) in [5, 5.41) is 2.82. The largest absolute Gasteiger partial charge is 0.465 e. The molecule has 2 aliphatic heterocycles. The van der Waals surface area contributed by atoms with E-state index in [1.165, 1.54) is 7.11 Å². The van der Waals surface area contributed by atoms with Crippen LogP contribution < -0.4 is 10.2 Å². The van der Waals surface area contributed by atoms with E-state index in [2.05, 4.69) is 10.2 Å². The van der Waals surface area contributed by atoms with Crippen LogP contribution >= 0.6 is 0 Å². The number of fused-ring (bicyclic) bond motifs is 2. The maximum Gasteiger partial charge on any atom is 0.337 e. The second kappa shape index (κ2) is 8.18. The molecular weight excluding hydrogens is 382 g/mol. The van der Waals surface area contributed by atoms with Gasteiger partial charge in [-0.15, -0.1) is 0 Å². The minimum absolute atomic E-state index is 0.0301. The number of methoxy groups -OCH3 is 1. The maximum atomic E-state index is 13.0. The highest BCUT2D eigenvalue weighted by atomic mass is 16.5. The number of nitrogens with zero attached hydrogens (tertiary/aromatic N) is 2. The zero-order valence-corrected chi connectivity index (χ0v) is 17.2. The Morgan fingerprint density at radius 1 is 1.07 bits per heavy atom. The second-order valence-electron chi connectivity index (χ2n) is 7.70. The molecule has 1 fully saturated rings. The molecule has 2 aromatic carbocycles. The summed E-state index contributed by atoms with van der Waals surface area (Å²) in [5.41, 5.74) is 2.72. The van der Waals surface area contributed by atoms with E-state index in [0.717, 1.165) is 37.9 Å². The maximum absolute atomic E-state index is 13.0. The third kappa shape index (κ3) is 3.63. The van der Waals surface area contributed by atoms with Crippen molar-refractivity contribution in [3.63, 3.8) is 0 Å². The number of carbonyl (C=O) groups excluding carboxylic acids is 3. The number of carbonyl (C=O) groups is 3. The van der Waals surface area contributed by atoms with Crippen LogP contribution in [0.25, 0.3) is 0 Å². The zero-order chi connectivity index (χ0) is 21.3. The molecule has 7 heteroatoms. The molecule has 0 radical (unpaired) electrons. The summed E-state index contributed by atoms with van der Waals surface area (Å²) < 4.78 is 4.72. The van der Waals surface area contributed by atoms with E-state index in [1.54, 1.807) is 42.5 Å². The van der Waals surface area contributed by atoms with Crippen molar-refractivity contribution in [3.8, 4) is 0 Å². The minimum atomic E-state index is -0.465. The number of benzene rings is 2. The van der Waals surface area contributed by atoms with E-state index in [0.29, 0.717) is 22.4 Å². The predicted octanol–water partition coefficient (Wildman–Crippen LogP) is 3.52. The van der Waals surface area contributed by atoms with Gasteiger partial charge < -0.3 is 19.9 Å². The first kappa shape index (κ1) is 19.9. The number of ether oxygens (including phenoxy) is 1. The van der Waals surface area contributed by atoms with Crippen molar-refractivity contribution < 1.29 is 19.1 Å². The van der Waals surface area contributed by atoms with Crippen LogP contribution in [-0.2, 0) is 4.74 Å². The van der Waals surface area contributed by atoms with Crippen LogP contribution in [0.2, 0.25) is 0 Å². The molecule has 0 bridgehead atoms. The fourth-order valence-electron chi connectivity index (χ4n) is 4.24. The van der Waals surface area contributed by atoms with Gasteiger partial charge in [0.2, 0.25) is 0 Å². The van der Waals surface area contributed by atoms with Gasteiger partial charge in [-0.3, -0.25) is 9.59 Å². The van der Waals surface area contributed by atoms with Gasteiger partial charge in [-0.2, -0.15) is 0 Å². The van der Waals surface area contributed by atoms with Gasteiger partial charge in [0.05, 0.1) is 23.9 Å². The SMILES string of the molecule is COC(=O)c1cccc(NC(=O)c2ccc3c(c2)N(C)[C@H]2CCCCCN2C3=O)c1. The summed E-state index contributed by atoms with van der Waals surface area (Å²) in [7, 11) is 3.30. The Kier molecular flexibility index (Phi) is 5.44. The Balaban J connectivity index is 1.59. The third-order valence-electron chi connectivity index (χ3n) is 5.84. The smallest absolute Gasteiger partial charge is 0.337 e. The third-order valence-corrected chi connectivity index (χ3v) is 5.84. The quantitative estimate of drug-likeness (QED) is 0.788. The number of nitrogens with one attached hydrogen (secondary N) is 1. The molecule has 0 aromatic heterocycles. The summed E-state index contributed by atoms with van der Waals surface area (Å²) in [6.07, 6.45) is 4.20. The molecule has 30 heavy (non-hydrogen) atoms. The molecule has 2 heterocycles. The minimum Gasteiger partial charge on any atom is -0.465 e. The van der Waals surface area contributed by atoms with E-state index in [4.69, 9.17) is 4.74 Å². The molecule has 4 rings (SSSR count). The highest BCUT2D eigenvalue weighted by Gasteiger charge is 2.36. The standard InChI is InChI=1S/C23H25N3O4/c1-25-19-14-15(21(27)24-17-8-6-7-16(13-17)23(29)30-2)10-11-18(19)22(28)26-12-5-3-4-9-20(25)26/h6-8,10-11,13-14,20H,3-5,9,12H2,1-2H3,(H,24,27)/t20-/m1/s1. The van der Waals surface area contributed by atoms with Crippen molar-refractivity contribution in [2.24, 2.45) is 0 Å². The summed E-state index contributed by atoms with van der Waals surface area (Å²) >= 11 is 0. The molecule has 7 nitrogen and oxygen atoms in total. The van der Waals surface area contributed by atoms with Gasteiger partial charge in [-0.05, 0) is 55.7 Å². The van der Waals surface area contributed by atoms with Gasteiger partial charge in [0.1, 0.15) is 6.17 Å². The molecule has 156 valence electrons. The van der Waals surface area contributed by atoms with Crippen LogP contribution in [0.15, 0.2) is 42.5 Å². The Morgan fingerprint density at radius 2 is 1.90 bits per heavy atom. The van der Waals surface area contributed by atoms with E-state index < -0.39 is 5.97 Å². The Morgan fingerprint density at radius 3 is 2.70 bits per heavy atom. The second-order valence-corrected chi connectivity index (χ2v) is 7.70. The fourth-order valence-corrected chi connectivity index (χ4v) is 4.24. The molecule has 2 aromatic rings. The monoisotopic (exact) mass is 407 g/mol. The van der Waals surface area contributed by atoms with Crippen molar-refractivity contribution in [1.82, 2.24) is 4.90 Å². The van der Waals surface area contributed by atoms with E-state index in [1.807, 2.05) is 11.9 Å². The Labute approximate surface area is 175 Å². The highest BCUT2D eigenvalue weighted by Crippen LogP contribution is 2.34. The first-order valence-electron chi connectivity index (χ1n) is 10.2. The average Bonchev–Trinajstić information content (AvgIpc) is 3.03. The lowest BCUT2D eigenvalue weighted by molar-refractivity contribution is 0.0599. The molecule has 1 saturated heterocycles. The van der Waals surface area contributed by atoms with Gasteiger partial charge in [0.25, 0.3) is 11.8 Å². The summed E-state index contributed by atoms with van der Waals surface area (Å²) in [4.78, 5) is 41.6. The van der Waals surface area contributed by atoms with Gasteiger partial charge >= 0.3 is 5.97 Å². The lowest BCUT2D eigenvalue weighted by Gasteiger charge is -2.43. The van der Waals surface area contributed by atoms with E-state index in [-0.39, 0.29) is 18.0 Å². The number of amides is 2. The van der Waals surface area contributed by atoms with Gasteiger partial charge in [-0.1, -0.05) is 12.5 Å². The molecule has 2 aliphatic rings. The highest BCUT2D eigenvalue weighted by molar-refractivity contribution is 6.08. The van der Waals surface area contributed by atoms with Gasteiger partial charge in [-0.25, -0.2) is 4.79 Å². The van der Waals surface area contributed by atoms with Crippen LogP contribution in [0.1, 0.15) is 56.8 Å². The Bertz CT molecular complexity index is 1000. The van der Waals surface area contributed by atoms with Crippen molar-refractivity contribution in [3.05, 3.63) is 59.2 Å². The van der Waals surface area contributed by atoms with Crippen molar-refractivity contribution in [2.45, 2.75) is 31.8 Å². The lowest BCUT2D eigenvalue weighted by Crippen LogP contribution is -2.53. The summed E-state index contributed by atoms with van der Waals surface area (Å²) in [5.74, 6) is -0.732. The molecule has 1 N–H and O–H groups in total. The normalized spacial score (nSPS) is 18.2. The van der Waals surface area contributed by atoms with Gasteiger partial charge in [0.15, 0.2) is 0 Å². The number of hydrogen-bond donors (Lipinski definition) is 1. The topological polar surface area (TPSA) is 79.0 Å². The number of hydrogen-bond acceptors (Lipinski definition) is 5. The van der Waals surface area contributed by atoms with Crippen molar-refractivity contribution in [1.29, 1.82) is 0 Å². The van der Waals surface area contributed by atoms with Crippen LogP contribution in [0.5, 0.6) is 0 Å². The summed E-state index contributed by atoms with van der Waals surface area (Å²) in [6, 6.07) is 11.8. The van der Waals surface area contributed by atoms with Crippen LogP contribution in [0.4, 0.5) is 11.4 Å². The molecule has 0 spiro atoms.